The van der Waals surface area contributed by atoms with Crippen molar-refractivity contribution in [1.29, 1.82) is 0 Å². The lowest BCUT2D eigenvalue weighted by Crippen LogP contribution is -2.51. The topological polar surface area (TPSA) is 63.4 Å². The van der Waals surface area contributed by atoms with Crippen LogP contribution in [0.5, 0.6) is 0 Å². The van der Waals surface area contributed by atoms with E-state index in [0.29, 0.717) is 18.1 Å². The second-order valence-electron chi connectivity index (χ2n) is 4.71. The molecule has 2 N–H and O–H groups in total. The number of rotatable bonds is 4. The summed E-state index contributed by atoms with van der Waals surface area (Å²) < 4.78 is 25.6. The van der Waals surface area contributed by atoms with Crippen molar-refractivity contribution >= 4 is 39.0 Å². The van der Waals surface area contributed by atoms with Crippen LogP contribution in [0.1, 0.15) is 25.7 Å². The summed E-state index contributed by atoms with van der Waals surface area (Å²) in [5.41, 5.74) is 5.78. The average molecular weight is 294 g/mol. The summed E-state index contributed by atoms with van der Waals surface area (Å²) >= 11 is 6.76. The predicted octanol–water partition coefficient (Wildman–Crippen LogP) is 0.962. The summed E-state index contributed by atoms with van der Waals surface area (Å²) in [6, 6.07) is 0. The van der Waals surface area contributed by atoms with Crippen molar-refractivity contribution in [3.8, 4) is 0 Å². The van der Waals surface area contributed by atoms with Gasteiger partial charge in [0.05, 0.1) is 15.0 Å². The number of nitrogens with zero attached hydrogens (tertiary/aromatic N) is 1. The minimum Gasteiger partial charge on any atom is -0.392 e. The zero-order valence-corrected chi connectivity index (χ0v) is 12.3. The molecule has 17 heavy (non-hydrogen) atoms. The van der Waals surface area contributed by atoms with Gasteiger partial charge in [0.1, 0.15) is 0 Å². The maximum Gasteiger partial charge on any atom is 0.216 e. The highest BCUT2D eigenvalue weighted by Crippen LogP contribution is 2.38. The van der Waals surface area contributed by atoms with E-state index in [1.54, 1.807) is 16.1 Å². The van der Waals surface area contributed by atoms with E-state index in [4.69, 9.17) is 18.0 Å². The van der Waals surface area contributed by atoms with E-state index in [0.717, 1.165) is 25.7 Å². The highest BCUT2D eigenvalue weighted by molar-refractivity contribution is 8.02. The lowest BCUT2D eigenvalue weighted by Gasteiger charge is -2.39. The smallest absolute Gasteiger partial charge is 0.216 e. The molecule has 1 aliphatic carbocycles. The molecule has 0 aromatic rings. The normalized spacial score (nSPS) is 25.7. The second-order valence-corrected chi connectivity index (χ2v) is 8.55. The van der Waals surface area contributed by atoms with Crippen LogP contribution in [0.25, 0.3) is 0 Å². The zero-order chi connectivity index (χ0) is 12.7. The molecule has 4 nitrogen and oxygen atoms in total. The van der Waals surface area contributed by atoms with Crippen LogP contribution in [0.15, 0.2) is 0 Å². The summed E-state index contributed by atoms with van der Waals surface area (Å²) in [7, 11) is -3.03. The van der Waals surface area contributed by atoms with E-state index in [9.17, 15) is 8.42 Å². The Kier molecular flexibility index (Phi) is 3.74. The number of nitrogens with two attached hydrogens (primary N) is 1. The van der Waals surface area contributed by atoms with Gasteiger partial charge < -0.3 is 5.73 Å². The van der Waals surface area contributed by atoms with Crippen LogP contribution < -0.4 is 5.73 Å². The minimum absolute atomic E-state index is 0.117. The van der Waals surface area contributed by atoms with E-state index in [1.165, 1.54) is 0 Å². The Morgan fingerprint density at radius 3 is 2.29 bits per heavy atom. The van der Waals surface area contributed by atoms with Crippen LogP contribution >= 0.6 is 24.0 Å². The third-order valence-electron chi connectivity index (χ3n) is 3.68. The average Bonchev–Trinajstić information content (AvgIpc) is 3.13. The van der Waals surface area contributed by atoms with Gasteiger partial charge in [-0.3, -0.25) is 0 Å². The molecule has 0 spiro atoms. The fourth-order valence-electron chi connectivity index (χ4n) is 2.23. The Morgan fingerprint density at radius 1 is 1.41 bits per heavy atom. The molecule has 7 heteroatoms. The van der Waals surface area contributed by atoms with Gasteiger partial charge >= 0.3 is 0 Å². The number of thioether (sulfide) groups is 1. The SMILES string of the molecule is CSC1(C(N)=S)CCN(S(=O)(=O)C2CC2)CC1. The Hall–Kier alpha value is 0.150. The molecule has 1 aliphatic heterocycles. The highest BCUT2D eigenvalue weighted by Gasteiger charge is 2.44. The maximum absolute atomic E-state index is 12.1. The van der Waals surface area contributed by atoms with Crippen LogP contribution in [0.4, 0.5) is 0 Å². The van der Waals surface area contributed by atoms with Gasteiger partial charge in [-0.15, -0.1) is 0 Å². The van der Waals surface area contributed by atoms with E-state index in [-0.39, 0.29) is 10.00 Å². The van der Waals surface area contributed by atoms with Gasteiger partial charge in [-0.2, -0.15) is 11.8 Å². The quantitative estimate of drug-likeness (QED) is 0.783. The van der Waals surface area contributed by atoms with E-state index in [2.05, 4.69) is 0 Å². The van der Waals surface area contributed by atoms with Crippen LogP contribution in [0.2, 0.25) is 0 Å². The lowest BCUT2D eigenvalue weighted by molar-refractivity contribution is 0.332. The van der Waals surface area contributed by atoms with Crippen molar-refractivity contribution in [3.63, 3.8) is 0 Å². The van der Waals surface area contributed by atoms with Crippen molar-refractivity contribution in [1.82, 2.24) is 4.31 Å². The fraction of sp³-hybridized carbons (Fsp3) is 0.900. The molecule has 0 radical (unpaired) electrons. The Balaban J connectivity index is 2.05. The van der Waals surface area contributed by atoms with Crippen molar-refractivity contribution in [2.45, 2.75) is 35.7 Å². The van der Waals surface area contributed by atoms with Gasteiger partial charge in [-0.05, 0) is 31.9 Å². The standard InChI is InChI=1S/C10H18N2O2S3/c1-16-10(9(11)15)4-6-12(7-5-10)17(13,14)8-2-3-8/h8H,2-7H2,1H3,(H2,11,15). The molecule has 0 amide bonds. The molecule has 2 rings (SSSR count). The summed E-state index contributed by atoms with van der Waals surface area (Å²) in [6.45, 7) is 1.11. The zero-order valence-electron chi connectivity index (χ0n) is 9.89. The van der Waals surface area contributed by atoms with E-state index >= 15 is 0 Å². The van der Waals surface area contributed by atoms with Crippen molar-refractivity contribution in [2.75, 3.05) is 19.3 Å². The highest BCUT2D eigenvalue weighted by atomic mass is 32.2. The molecule has 1 saturated carbocycles. The van der Waals surface area contributed by atoms with Crippen molar-refractivity contribution in [2.24, 2.45) is 5.73 Å². The third kappa shape index (κ3) is 2.47. The first kappa shape index (κ1) is 13.6. The molecule has 2 aliphatic rings. The summed E-state index contributed by atoms with van der Waals surface area (Å²) in [5, 5.41) is -0.117. The Bertz CT molecular complexity index is 409. The number of piperidine rings is 1. The third-order valence-corrected chi connectivity index (χ3v) is 8.00. The van der Waals surface area contributed by atoms with Crippen molar-refractivity contribution < 1.29 is 8.42 Å². The Labute approximate surface area is 112 Å². The van der Waals surface area contributed by atoms with Gasteiger partial charge in [0.2, 0.25) is 10.0 Å². The summed E-state index contributed by atoms with van der Waals surface area (Å²) in [5.74, 6) is 0. The molecule has 0 bridgehead atoms. The lowest BCUT2D eigenvalue weighted by atomic mass is 9.97. The number of hydrogen-bond donors (Lipinski definition) is 1. The largest absolute Gasteiger partial charge is 0.392 e. The minimum atomic E-state index is -3.03. The van der Waals surface area contributed by atoms with Crippen LogP contribution in [-0.4, -0.2) is 47.1 Å². The monoisotopic (exact) mass is 294 g/mol. The van der Waals surface area contributed by atoms with Gasteiger partial charge in [-0.25, -0.2) is 12.7 Å². The van der Waals surface area contributed by atoms with Crippen molar-refractivity contribution in [3.05, 3.63) is 0 Å². The first-order valence-electron chi connectivity index (χ1n) is 5.76. The summed E-state index contributed by atoms with van der Waals surface area (Å²) in [4.78, 5) is 0.508. The molecule has 0 aromatic carbocycles. The van der Waals surface area contributed by atoms with Gasteiger partial charge in [0, 0.05) is 13.1 Å². The first-order chi connectivity index (χ1) is 7.92. The molecule has 98 valence electrons. The molecule has 1 saturated heterocycles. The molecule has 2 fully saturated rings. The molecule has 0 atom stereocenters. The molecular weight excluding hydrogens is 276 g/mol. The molecular formula is C10H18N2O2S3. The first-order valence-corrected chi connectivity index (χ1v) is 8.90. The fourth-order valence-corrected chi connectivity index (χ4v) is 5.32. The van der Waals surface area contributed by atoms with Gasteiger partial charge in [-0.1, -0.05) is 12.2 Å². The van der Waals surface area contributed by atoms with E-state index < -0.39 is 10.0 Å². The van der Waals surface area contributed by atoms with Crippen LogP contribution in [0.3, 0.4) is 0 Å². The number of sulfonamides is 1. The second kappa shape index (κ2) is 4.68. The number of thiocarbonyl (C=S) groups is 1. The van der Waals surface area contributed by atoms with E-state index in [1.807, 2.05) is 6.26 Å². The van der Waals surface area contributed by atoms with Gasteiger partial charge in [0.25, 0.3) is 0 Å². The summed E-state index contributed by atoms with van der Waals surface area (Å²) in [6.07, 6.45) is 5.10. The van der Waals surface area contributed by atoms with Crippen LogP contribution in [0, 0.1) is 0 Å². The predicted molar refractivity (Wildman–Crippen MR) is 75.8 cm³/mol. The maximum atomic E-state index is 12.1. The molecule has 0 unspecified atom stereocenters. The molecule has 0 aromatic heterocycles. The molecule has 1 heterocycles. The Morgan fingerprint density at radius 2 is 1.94 bits per heavy atom. The number of hydrogen-bond acceptors (Lipinski definition) is 4. The van der Waals surface area contributed by atoms with Gasteiger partial charge in [0.15, 0.2) is 0 Å². The van der Waals surface area contributed by atoms with Crippen LogP contribution in [-0.2, 0) is 10.0 Å².